The zero-order chi connectivity index (χ0) is 16.1. The van der Waals surface area contributed by atoms with Crippen molar-refractivity contribution in [2.75, 3.05) is 40.3 Å². The fraction of sp³-hybridized carbons (Fsp3) is 0.500. The third-order valence-corrected chi connectivity index (χ3v) is 4.21. The molecular formula is C18H26N2O2. The van der Waals surface area contributed by atoms with Crippen molar-refractivity contribution < 1.29 is 9.53 Å². The van der Waals surface area contributed by atoms with Crippen molar-refractivity contribution in [1.82, 2.24) is 9.80 Å². The van der Waals surface area contributed by atoms with Crippen molar-refractivity contribution >= 4 is 5.91 Å². The maximum absolute atomic E-state index is 12.6. The molecule has 0 spiro atoms. The maximum atomic E-state index is 12.6. The van der Waals surface area contributed by atoms with Gasteiger partial charge >= 0.3 is 0 Å². The molecule has 4 heteroatoms. The van der Waals surface area contributed by atoms with Gasteiger partial charge in [-0.15, -0.1) is 0 Å². The van der Waals surface area contributed by atoms with Crippen LogP contribution in [0.2, 0.25) is 0 Å². The molecule has 0 radical (unpaired) electrons. The molecule has 1 aromatic rings. The number of para-hydroxylation sites is 1. The largest absolute Gasteiger partial charge is 0.496 e. The van der Waals surface area contributed by atoms with E-state index in [2.05, 4.69) is 24.1 Å². The Bertz CT molecular complexity index is 550. The van der Waals surface area contributed by atoms with Gasteiger partial charge in [-0.05, 0) is 27.0 Å². The number of likely N-dealkylation sites (N-methyl/N-ethyl adjacent to an activating group) is 2. The van der Waals surface area contributed by atoms with E-state index in [1.807, 2.05) is 36.9 Å². The van der Waals surface area contributed by atoms with Crippen LogP contribution in [0.5, 0.6) is 5.75 Å². The van der Waals surface area contributed by atoms with E-state index in [1.165, 1.54) is 0 Å². The van der Waals surface area contributed by atoms with Gasteiger partial charge in [0.2, 0.25) is 0 Å². The lowest BCUT2D eigenvalue weighted by molar-refractivity contribution is -0.127. The monoisotopic (exact) mass is 302 g/mol. The normalized spacial score (nSPS) is 18.7. The summed E-state index contributed by atoms with van der Waals surface area (Å²) < 4.78 is 5.48. The summed E-state index contributed by atoms with van der Waals surface area (Å²) in [4.78, 5) is 16.7. The molecule has 0 bridgehead atoms. The number of ether oxygens (including phenoxy) is 1. The van der Waals surface area contributed by atoms with Crippen LogP contribution in [0.25, 0.3) is 0 Å². The zero-order valence-corrected chi connectivity index (χ0v) is 14.0. The fourth-order valence-electron chi connectivity index (χ4n) is 3.05. The smallest absolute Gasteiger partial charge is 0.250 e. The van der Waals surface area contributed by atoms with Crippen LogP contribution >= 0.6 is 0 Å². The average Bonchev–Trinajstić information content (AvgIpc) is 2.55. The van der Waals surface area contributed by atoms with Crippen LogP contribution in [0.4, 0.5) is 0 Å². The molecule has 1 amide bonds. The summed E-state index contributed by atoms with van der Waals surface area (Å²) in [6.07, 6.45) is 2.12. The second-order valence-corrected chi connectivity index (χ2v) is 5.71. The van der Waals surface area contributed by atoms with Gasteiger partial charge in [0, 0.05) is 43.2 Å². The average molecular weight is 302 g/mol. The summed E-state index contributed by atoms with van der Waals surface area (Å²) in [5, 5.41) is 0. The first-order valence-corrected chi connectivity index (χ1v) is 7.92. The van der Waals surface area contributed by atoms with Crippen molar-refractivity contribution in [3.8, 4) is 5.75 Å². The number of amides is 1. The van der Waals surface area contributed by atoms with Gasteiger partial charge in [0.1, 0.15) is 5.75 Å². The molecule has 1 aliphatic heterocycles. The summed E-state index contributed by atoms with van der Waals surface area (Å²) >= 11 is 0. The third-order valence-electron chi connectivity index (χ3n) is 4.21. The van der Waals surface area contributed by atoms with Gasteiger partial charge in [-0.3, -0.25) is 4.79 Å². The highest BCUT2D eigenvalue weighted by Crippen LogP contribution is 2.31. The minimum absolute atomic E-state index is 0.149. The first-order chi connectivity index (χ1) is 10.6. The summed E-state index contributed by atoms with van der Waals surface area (Å²) in [7, 11) is 3.75. The number of methoxy groups -OCH3 is 1. The fourth-order valence-corrected chi connectivity index (χ4v) is 3.05. The van der Waals surface area contributed by atoms with Crippen LogP contribution in [0, 0.1) is 0 Å². The van der Waals surface area contributed by atoms with E-state index in [4.69, 9.17) is 4.74 Å². The predicted octanol–water partition coefficient (Wildman–Crippen LogP) is 2.52. The minimum atomic E-state index is 0.149. The Hall–Kier alpha value is -1.81. The molecule has 22 heavy (non-hydrogen) atoms. The van der Waals surface area contributed by atoms with Crippen molar-refractivity contribution in [1.29, 1.82) is 0 Å². The number of benzene rings is 1. The molecule has 1 atom stereocenters. The molecule has 0 N–H and O–H groups in total. The van der Waals surface area contributed by atoms with Crippen LogP contribution < -0.4 is 4.74 Å². The molecule has 4 nitrogen and oxygen atoms in total. The molecule has 0 saturated carbocycles. The van der Waals surface area contributed by atoms with Crippen molar-refractivity contribution in [2.45, 2.75) is 19.8 Å². The lowest BCUT2D eigenvalue weighted by Crippen LogP contribution is -2.39. The van der Waals surface area contributed by atoms with E-state index in [1.54, 1.807) is 7.11 Å². The summed E-state index contributed by atoms with van der Waals surface area (Å²) in [6.45, 7) is 7.14. The highest BCUT2D eigenvalue weighted by Gasteiger charge is 2.26. The number of carbonyl (C=O) groups is 1. The van der Waals surface area contributed by atoms with E-state index in [-0.39, 0.29) is 11.8 Å². The molecule has 0 aromatic heterocycles. The SMILES string of the molecule is CCN(CC)C(=O)C1=CC(c2ccccc2OC)CN(C)C1. The molecule has 1 aliphatic rings. The van der Waals surface area contributed by atoms with Gasteiger partial charge in [0.25, 0.3) is 5.91 Å². The van der Waals surface area contributed by atoms with Crippen molar-refractivity contribution in [3.05, 3.63) is 41.5 Å². The van der Waals surface area contributed by atoms with Gasteiger partial charge in [0.05, 0.1) is 7.11 Å². The van der Waals surface area contributed by atoms with Crippen LogP contribution in [0.15, 0.2) is 35.9 Å². The zero-order valence-electron chi connectivity index (χ0n) is 14.0. The molecule has 120 valence electrons. The number of carbonyl (C=O) groups excluding carboxylic acids is 1. The van der Waals surface area contributed by atoms with Gasteiger partial charge in [-0.2, -0.15) is 0 Å². The molecule has 1 unspecified atom stereocenters. The maximum Gasteiger partial charge on any atom is 0.250 e. The Morgan fingerprint density at radius 3 is 2.64 bits per heavy atom. The van der Waals surface area contributed by atoms with Crippen LogP contribution in [0.3, 0.4) is 0 Å². The second-order valence-electron chi connectivity index (χ2n) is 5.71. The van der Waals surface area contributed by atoms with E-state index in [0.29, 0.717) is 6.54 Å². The second kappa shape index (κ2) is 7.45. The van der Waals surface area contributed by atoms with E-state index < -0.39 is 0 Å². The van der Waals surface area contributed by atoms with Gasteiger partial charge < -0.3 is 14.5 Å². The lowest BCUT2D eigenvalue weighted by Gasteiger charge is -2.31. The summed E-state index contributed by atoms with van der Waals surface area (Å²) in [5.74, 6) is 1.22. The van der Waals surface area contributed by atoms with Gasteiger partial charge in [0.15, 0.2) is 0 Å². The van der Waals surface area contributed by atoms with E-state index in [9.17, 15) is 4.79 Å². The molecule has 2 rings (SSSR count). The van der Waals surface area contributed by atoms with Crippen LogP contribution in [-0.2, 0) is 4.79 Å². The number of rotatable bonds is 5. The summed E-state index contributed by atoms with van der Waals surface area (Å²) in [6, 6.07) is 8.05. The molecule has 0 saturated heterocycles. The predicted molar refractivity (Wildman–Crippen MR) is 89.2 cm³/mol. The minimum Gasteiger partial charge on any atom is -0.496 e. The van der Waals surface area contributed by atoms with Crippen LogP contribution in [-0.4, -0.2) is 56.0 Å². The first-order valence-electron chi connectivity index (χ1n) is 7.92. The highest BCUT2D eigenvalue weighted by molar-refractivity contribution is 5.94. The highest BCUT2D eigenvalue weighted by atomic mass is 16.5. The lowest BCUT2D eigenvalue weighted by atomic mass is 9.91. The topological polar surface area (TPSA) is 32.8 Å². The Morgan fingerprint density at radius 1 is 1.32 bits per heavy atom. The third kappa shape index (κ3) is 3.50. The van der Waals surface area contributed by atoms with E-state index >= 15 is 0 Å². The first kappa shape index (κ1) is 16.6. The quantitative estimate of drug-likeness (QED) is 0.838. The molecule has 0 fully saturated rings. The Kier molecular flexibility index (Phi) is 5.61. The number of nitrogens with zero attached hydrogens (tertiary/aromatic N) is 2. The van der Waals surface area contributed by atoms with Gasteiger partial charge in [-0.1, -0.05) is 24.3 Å². The molecule has 1 heterocycles. The van der Waals surface area contributed by atoms with Crippen molar-refractivity contribution in [2.24, 2.45) is 0 Å². The number of hydrogen-bond acceptors (Lipinski definition) is 3. The van der Waals surface area contributed by atoms with E-state index in [0.717, 1.165) is 36.5 Å². The molecule has 1 aromatic carbocycles. The standard InChI is InChI=1S/C18H26N2O2/c1-5-20(6-2)18(21)15-11-14(12-19(3)13-15)16-9-7-8-10-17(16)22-4/h7-11,14H,5-6,12-13H2,1-4H3. The Balaban J connectivity index is 2.32. The number of hydrogen-bond donors (Lipinski definition) is 0. The van der Waals surface area contributed by atoms with Crippen molar-refractivity contribution in [3.63, 3.8) is 0 Å². The molecular weight excluding hydrogens is 276 g/mol. The molecule has 0 aliphatic carbocycles. The van der Waals surface area contributed by atoms with Crippen LogP contribution in [0.1, 0.15) is 25.3 Å². The summed E-state index contributed by atoms with van der Waals surface area (Å²) in [5.41, 5.74) is 2.02. The Labute approximate surface area is 133 Å². The van der Waals surface area contributed by atoms with Gasteiger partial charge in [-0.25, -0.2) is 0 Å². The Morgan fingerprint density at radius 2 is 2.00 bits per heavy atom.